The molecule has 2 nitrogen and oxygen atoms in total. The van der Waals surface area contributed by atoms with Crippen molar-refractivity contribution in [1.82, 2.24) is 4.98 Å². The first kappa shape index (κ1) is 12.5. The lowest BCUT2D eigenvalue weighted by atomic mass is 10.1. The molecule has 1 aromatic carbocycles. The highest BCUT2D eigenvalue weighted by molar-refractivity contribution is 6.41. The Morgan fingerprint density at radius 3 is 2.18 bits per heavy atom. The summed E-state index contributed by atoms with van der Waals surface area (Å²) in [7, 11) is 0. The second-order valence-corrected chi connectivity index (χ2v) is 4.93. The van der Waals surface area contributed by atoms with Gasteiger partial charge in [-0.1, -0.05) is 34.8 Å². The molecule has 0 saturated heterocycles. The van der Waals surface area contributed by atoms with Gasteiger partial charge in [0.2, 0.25) is 0 Å². The van der Waals surface area contributed by atoms with Crippen LogP contribution in [-0.2, 0) is 0 Å². The zero-order valence-electron chi connectivity index (χ0n) is 8.97. The third kappa shape index (κ3) is 2.49. The fourth-order valence-corrected chi connectivity index (χ4v) is 2.62. The summed E-state index contributed by atoms with van der Waals surface area (Å²) in [5.41, 5.74) is 8.56. The van der Waals surface area contributed by atoms with Gasteiger partial charge in [0.15, 0.2) is 0 Å². The number of nitrogen functional groups attached to an aromatic ring is 1. The Labute approximate surface area is 114 Å². The van der Waals surface area contributed by atoms with E-state index in [9.17, 15) is 0 Å². The van der Waals surface area contributed by atoms with E-state index < -0.39 is 0 Å². The van der Waals surface area contributed by atoms with E-state index in [2.05, 4.69) is 4.98 Å². The lowest BCUT2D eigenvalue weighted by Gasteiger charge is -2.10. The summed E-state index contributed by atoms with van der Waals surface area (Å²) in [5.74, 6) is 0. The number of hydrogen-bond donors (Lipinski definition) is 1. The van der Waals surface area contributed by atoms with Crippen LogP contribution in [0, 0.1) is 6.92 Å². The molecule has 0 aliphatic rings. The summed E-state index contributed by atoms with van der Waals surface area (Å²) in [6, 6.07) is 5.10. The molecule has 2 N–H and O–H groups in total. The molecular formula is C12H9Cl3N2. The number of hydrogen-bond acceptors (Lipinski definition) is 2. The van der Waals surface area contributed by atoms with Gasteiger partial charge in [-0.25, -0.2) is 0 Å². The largest absolute Gasteiger partial charge is 0.397 e. The van der Waals surface area contributed by atoms with Gasteiger partial charge in [0.1, 0.15) is 0 Å². The number of benzene rings is 1. The zero-order chi connectivity index (χ0) is 12.6. The minimum Gasteiger partial charge on any atom is -0.397 e. The Bertz CT molecular complexity index is 559. The van der Waals surface area contributed by atoms with Crippen molar-refractivity contribution in [2.75, 3.05) is 5.73 Å². The zero-order valence-corrected chi connectivity index (χ0v) is 11.2. The van der Waals surface area contributed by atoms with Crippen LogP contribution in [0.4, 0.5) is 5.69 Å². The Morgan fingerprint density at radius 2 is 1.65 bits per heavy atom. The predicted octanol–water partition coefficient (Wildman–Crippen LogP) is 4.60. The smallest absolute Gasteiger partial charge is 0.0762 e. The van der Waals surface area contributed by atoms with E-state index in [1.54, 1.807) is 18.3 Å². The van der Waals surface area contributed by atoms with Crippen LogP contribution in [0.1, 0.15) is 5.56 Å². The molecule has 0 aliphatic heterocycles. The second-order valence-electron chi connectivity index (χ2n) is 3.68. The lowest BCUT2D eigenvalue weighted by Crippen LogP contribution is -1.94. The quantitative estimate of drug-likeness (QED) is 0.832. The van der Waals surface area contributed by atoms with E-state index in [1.165, 1.54) is 0 Å². The number of aromatic nitrogens is 1. The van der Waals surface area contributed by atoms with Crippen molar-refractivity contribution in [3.63, 3.8) is 0 Å². The molecule has 0 unspecified atom stereocenters. The first-order valence-corrected chi connectivity index (χ1v) is 5.99. The van der Waals surface area contributed by atoms with Gasteiger partial charge in [-0.2, -0.15) is 0 Å². The molecule has 0 fully saturated rings. The molecular weight excluding hydrogens is 279 g/mol. The molecule has 88 valence electrons. The third-order valence-corrected chi connectivity index (χ3v) is 3.16. The molecule has 1 aromatic heterocycles. The van der Waals surface area contributed by atoms with Crippen molar-refractivity contribution in [3.05, 3.63) is 45.0 Å². The molecule has 17 heavy (non-hydrogen) atoms. The first-order chi connectivity index (χ1) is 7.99. The van der Waals surface area contributed by atoms with Crippen molar-refractivity contribution in [2.45, 2.75) is 6.92 Å². The topological polar surface area (TPSA) is 38.9 Å². The van der Waals surface area contributed by atoms with Crippen LogP contribution in [0.25, 0.3) is 11.3 Å². The predicted molar refractivity (Wildman–Crippen MR) is 73.9 cm³/mol. The van der Waals surface area contributed by atoms with Gasteiger partial charge in [0.05, 0.1) is 27.6 Å². The van der Waals surface area contributed by atoms with E-state index in [1.807, 2.05) is 13.0 Å². The molecule has 0 amide bonds. The number of halogens is 3. The highest BCUT2D eigenvalue weighted by atomic mass is 35.5. The van der Waals surface area contributed by atoms with Crippen LogP contribution in [0.2, 0.25) is 15.1 Å². The minimum absolute atomic E-state index is 0.475. The fourth-order valence-electron chi connectivity index (χ4n) is 1.63. The van der Waals surface area contributed by atoms with Crippen LogP contribution in [-0.4, -0.2) is 4.98 Å². The number of pyridine rings is 1. The van der Waals surface area contributed by atoms with Crippen LogP contribution in [0.5, 0.6) is 0 Å². The van der Waals surface area contributed by atoms with E-state index in [0.717, 1.165) is 5.56 Å². The van der Waals surface area contributed by atoms with E-state index in [4.69, 9.17) is 40.5 Å². The maximum Gasteiger partial charge on any atom is 0.0762 e. The summed E-state index contributed by atoms with van der Waals surface area (Å²) in [6.45, 7) is 1.90. The maximum atomic E-state index is 6.14. The third-order valence-electron chi connectivity index (χ3n) is 2.34. The van der Waals surface area contributed by atoms with Gasteiger partial charge in [-0.3, -0.25) is 4.98 Å². The molecule has 2 aromatic rings. The van der Waals surface area contributed by atoms with E-state index in [0.29, 0.717) is 32.0 Å². The Hall–Kier alpha value is -0.960. The highest BCUT2D eigenvalue weighted by Crippen LogP contribution is 2.37. The Morgan fingerprint density at radius 1 is 1.06 bits per heavy atom. The van der Waals surface area contributed by atoms with Crippen molar-refractivity contribution in [3.8, 4) is 11.3 Å². The summed E-state index contributed by atoms with van der Waals surface area (Å²) < 4.78 is 0. The Kier molecular flexibility index (Phi) is 3.48. The van der Waals surface area contributed by atoms with Gasteiger partial charge in [0.25, 0.3) is 0 Å². The average Bonchev–Trinajstić information content (AvgIpc) is 2.19. The molecule has 0 atom stereocenters. The van der Waals surface area contributed by atoms with Crippen LogP contribution in [0.15, 0.2) is 24.4 Å². The van der Waals surface area contributed by atoms with Crippen LogP contribution in [0.3, 0.4) is 0 Å². The van der Waals surface area contributed by atoms with Crippen molar-refractivity contribution < 1.29 is 0 Å². The highest BCUT2D eigenvalue weighted by Gasteiger charge is 2.13. The molecule has 0 aliphatic carbocycles. The number of nitrogens with zero attached hydrogens (tertiary/aromatic N) is 1. The molecule has 1 heterocycles. The molecule has 0 spiro atoms. The molecule has 0 bridgehead atoms. The molecule has 2 rings (SSSR count). The van der Waals surface area contributed by atoms with E-state index >= 15 is 0 Å². The normalized spacial score (nSPS) is 10.6. The summed E-state index contributed by atoms with van der Waals surface area (Å²) in [4.78, 5) is 4.26. The standard InChI is InChI=1S/C12H9Cl3N2/c1-6-2-8(16)5-17-12(6)11-9(14)3-7(13)4-10(11)15/h2-5H,16H2,1H3. The van der Waals surface area contributed by atoms with Crippen molar-refractivity contribution in [2.24, 2.45) is 0 Å². The van der Waals surface area contributed by atoms with Gasteiger partial charge in [-0.05, 0) is 30.7 Å². The van der Waals surface area contributed by atoms with Gasteiger partial charge in [0, 0.05) is 10.6 Å². The number of anilines is 1. The van der Waals surface area contributed by atoms with Crippen molar-refractivity contribution in [1.29, 1.82) is 0 Å². The molecule has 0 radical (unpaired) electrons. The summed E-state index contributed by atoms with van der Waals surface area (Å²) >= 11 is 18.1. The summed E-state index contributed by atoms with van der Waals surface area (Å²) in [6.07, 6.45) is 1.57. The fraction of sp³-hybridized carbons (Fsp3) is 0.0833. The molecule has 0 saturated carbocycles. The number of aryl methyl sites for hydroxylation is 1. The van der Waals surface area contributed by atoms with Gasteiger partial charge < -0.3 is 5.73 Å². The monoisotopic (exact) mass is 286 g/mol. The van der Waals surface area contributed by atoms with Gasteiger partial charge in [-0.15, -0.1) is 0 Å². The van der Waals surface area contributed by atoms with Crippen LogP contribution >= 0.6 is 34.8 Å². The minimum atomic E-state index is 0.475. The van der Waals surface area contributed by atoms with Crippen molar-refractivity contribution >= 4 is 40.5 Å². The second kappa shape index (κ2) is 4.73. The lowest BCUT2D eigenvalue weighted by molar-refractivity contribution is 1.27. The Balaban J connectivity index is 2.68. The molecule has 5 heteroatoms. The van der Waals surface area contributed by atoms with Gasteiger partial charge >= 0.3 is 0 Å². The number of nitrogens with two attached hydrogens (primary N) is 1. The maximum absolute atomic E-state index is 6.14. The SMILES string of the molecule is Cc1cc(N)cnc1-c1c(Cl)cc(Cl)cc1Cl. The average molecular weight is 288 g/mol. The summed E-state index contributed by atoms with van der Waals surface area (Å²) in [5, 5.41) is 1.45. The van der Waals surface area contributed by atoms with Crippen LogP contribution < -0.4 is 5.73 Å². The van der Waals surface area contributed by atoms with E-state index in [-0.39, 0.29) is 0 Å². The first-order valence-electron chi connectivity index (χ1n) is 4.86. The number of rotatable bonds is 1.